The summed E-state index contributed by atoms with van der Waals surface area (Å²) in [5.41, 5.74) is 1.05. The number of ether oxygens (including phenoxy) is 1. The number of para-hydroxylation sites is 2. The Bertz CT molecular complexity index is 731. The lowest BCUT2D eigenvalue weighted by Gasteiger charge is -2.13. The Balaban J connectivity index is 2.34. The minimum atomic E-state index is -0.537. The van der Waals surface area contributed by atoms with Gasteiger partial charge in [-0.05, 0) is 25.1 Å². The molecule has 120 valence electrons. The Hall–Kier alpha value is -3.09. The molecule has 2 rings (SSSR count). The highest BCUT2D eigenvalue weighted by Gasteiger charge is 2.17. The van der Waals surface area contributed by atoms with Gasteiger partial charge in [0.2, 0.25) is 0 Å². The van der Waals surface area contributed by atoms with Gasteiger partial charge in [0.15, 0.2) is 0 Å². The second-order valence-electron chi connectivity index (χ2n) is 4.62. The first-order valence-electron chi connectivity index (χ1n) is 7.06. The fourth-order valence-corrected chi connectivity index (χ4v) is 2.09. The van der Waals surface area contributed by atoms with Crippen molar-refractivity contribution in [2.45, 2.75) is 6.92 Å². The largest absolute Gasteiger partial charge is 0.492 e. The summed E-state index contributed by atoms with van der Waals surface area (Å²) >= 11 is 0. The van der Waals surface area contributed by atoms with Crippen molar-refractivity contribution in [2.75, 3.05) is 24.3 Å². The Kier molecular flexibility index (Phi) is 5.14. The van der Waals surface area contributed by atoms with Crippen molar-refractivity contribution in [3.05, 3.63) is 58.1 Å². The van der Waals surface area contributed by atoms with Gasteiger partial charge in [-0.25, -0.2) is 0 Å². The predicted octanol–water partition coefficient (Wildman–Crippen LogP) is 3.29. The number of nitrogens with zero attached hydrogens (tertiary/aromatic N) is 1. The Labute approximate surface area is 133 Å². The summed E-state index contributed by atoms with van der Waals surface area (Å²) in [6.45, 7) is 2.31. The smallest absolute Gasteiger partial charge is 0.270 e. The molecule has 0 bridgehead atoms. The van der Waals surface area contributed by atoms with E-state index in [2.05, 4.69) is 10.6 Å². The van der Waals surface area contributed by atoms with Crippen LogP contribution in [0.3, 0.4) is 0 Å². The highest BCUT2D eigenvalue weighted by atomic mass is 16.6. The zero-order valence-electron chi connectivity index (χ0n) is 12.8. The molecule has 7 nitrogen and oxygen atoms in total. The molecular weight excluding hydrogens is 298 g/mol. The molecule has 0 aliphatic rings. The van der Waals surface area contributed by atoms with Gasteiger partial charge in [-0.3, -0.25) is 14.9 Å². The van der Waals surface area contributed by atoms with E-state index in [0.29, 0.717) is 23.7 Å². The third kappa shape index (κ3) is 3.76. The molecule has 0 aliphatic carbocycles. The van der Waals surface area contributed by atoms with Crippen LogP contribution < -0.4 is 15.4 Å². The number of anilines is 2. The maximum atomic E-state index is 12.5. The lowest BCUT2D eigenvalue weighted by atomic mass is 10.1. The van der Waals surface area contributed by atoms with Crippen molar-refractivity contribution < 1.29 is 14.5 Å². The summed E-state index contributed by atoms with van der Waals surface area (Å²) in [4.78, 5) is 22.9. The number of carbonyl (C=O) groups excluding carboxylic acids is 1. The van der Waals surface area contributed by atoms with Gasteiger partial charge in [-0.15, -0.1) is 0 Å². The first-order valence-corrected chi connectivity index (χ1v) is 7.06. The monoisotopic (exact) mass is 315 g/mol. The van der Waals surface area contributed by atoms with Crippen LogP contribution in [0.4, 0.5) is 17.1 Å². The number of amides is 1. The van der Waals surface area contributed by atoms with Crippen molar-refractivity contribution in [3.63, 3.8) is 0 Å². The molecule has 2 aromatic rings. The van der Waals surface area contributed by atoms with E-state index in [1.807, 2.05) is 6.92 Å². The van der Waals surface area contributed by atoms with Gasteiger partial charge in [-0.1, -0.05) is 12.1 Å². The number of nitrogens with one attached hydrogen (secondary N) is 2. The Morgan fingerprint density at radius 3 is 2.61 bits per heavy atom. The van der Waals surface area contributed by atoms with E-state index in [9.17, 15) is 14.9 Å². The van der Waals surface area contributed by atoms with E-state index >= 15 is 0 Å². The molecular formula is C16H17N3O4. The minimum Gasteiger partial charge on any atom is -0.492 e. The fraction of sp³-hybridized carbons (Fsp3) is 0.188. The molecule has 0 aromatic heterocycles. The summed E-state index contributed by atoms with van der Waals surface area (Å²) in [5, 5.41) is 16.5. The van der Waals surface area contributed by atoms with Crippen LogP contribution in [0.5, 0.6) is 5.75 Å². The van der Waals surface area contributed by atoms with Crippen molar-refractivity contribution in [3.8, 4) is 5.75 Å². The van der Waals surface area contributed by atoms with Crippen molar-refractivity contribution >= 4 is 23.0 Å². The van der Waals surface area contributed by atoms with Crippen molar-refractivity contribution in [1.82, 2.24) is 0 Å². The first-order chi connectivity index (χ1) is 11.1. The first kappa shape index (κ1) is 16.3. The van der Waals surface area contributed by atoms with E-state index in [4.69, 9.17) is 4.74 Å². The number of rotatable bonds is 6. The molecule has 0 aliphatic heterocycles. The summed E-state index contributed by atoms with van der Waals surface area (Å²) in [7, 11) is 1.64. The molecule has 7 heteroatoms. The number of carbonyl (C=O) groups is 1. The average Bonchev–Trinajstić information content (AvgIpc) is 2.56. The molecule has 23 heavy (non-hydrogen) atoms. The third-order valence-corrected chi connectivity index (χ3v) is 3.16. The van der Waals surface area contributed by atoms with Crippen LogP contribution in [0.2, 0.25) is 0 Å². The number of benzene rings is 2. The van der Waals surface area contributed by atoms with Gasteiger partial charge in [0.05, 0.1) is 22.8 Å². The second kappa shape index (κ2) is 7.26. The Morgan fingerprint density at radius 1 is 1.22 bits per heavy atom. The normalized spacial score (nSPS) is 10.0. The van der Waals surface area contributed by atoms with E-state index in [0.717, 1.165) is 0 Å². The topological polar surface area (TPSA) is 93.5 Å². The second-order valence-corrected chi connectivity index (χ2v) is 4.62. The van der Waals surface area contributed by atoms with Gasteiger partial charge < -0.3 is 15.4 Å². The molecule has 1 amide bonds. The SMILES string of the molecule is CCOc1ccccc1NC(=O)c1cc([N+](=O)[O-])ccc1NC. The molecule has 0 atom stereocenters. The molecule has 0 fully saturated rings. The lowest BCUT2D eigenvalue weighted by Crippen LogP contribution is -2.15. The number of non-ortho nitro benzene ring substituents is 1. The number of nitro benzene ring substituents is 1. The van der Waals surface area contributed by atoms with E-state index in [1.54, 1.807) is 31.3 Å². The van der Waals surface area contributed by atoms with Crippen LogP contribution in [0.25, 0.3) is 0 Å². The molecule has 0 saturated carbocycles. The van der Waals surface area contributed by atoms with Crippen LogP contribution in [-0.2, 0) is 0 Å². The summed E-state index contributed by atoms with van der Waals surface area (Å²) in [5.74, 6) is 0.0880. The fourth-order valence-electron chi connectivity index (χ4n) is 2.09. The number of hydrogen-bond donors (Lipinski definition) is 2. The lowest BCUT2D eigenvalue weighted by molar-refractivity contribution is -0.384. The summed E-state index contributed by atoms with van der Waals surface area (Å²) < 4.78 is 5.45. The molecule has 2 aromatic carbocycles. The summed E-state index contributed by atoms with van der Waals surface area (Å²) in [6, 6.07) is 11.1. The molecule has 0 heterocycles. The van der Waals surface area contributed by atoms with Gasteiger partial charge >= 0.3 is 0 Å². The average molecular weight is 315 g/mol. The van der Waals surface area contributed by atoms with Gasteiger partial charge in [-0.2, -0.15) is 0 Å². The van der Waals surface area contributed by atoms with Gasteiger partial charge in [0.1, 0.15) is 5.75 Å². The molecule has 0 unspecified atom stereocenters. The third-order valence-electron chi connectivity index (χ3n) is 3.16. The highest BCUT2D eigenvalue weighted by Crippen LogP contribution is 2.27. The highest BCUT2D eigenvalue weighted by molar-refractivity contribution is 6.09. The maximum Gasteiger partial charge on any atom is 0.270 e. The van der Waals surface area contributed by atoms with Crippen LogP contribution in [0, 0.1) is 10.1 Å². The zero-order valence-corrected chi connectivity index (χ0v) is 12.8. The van der Waals surface area contributed by atoms with Crippen molar-refractivity contribution in [1.29, 1.82) is 0 Å². The predicted molar refractivity (Wildman–Crippen MR) is 88.2 cm³/mol. The number of hydrogen-bond acceptors (Lipinski definition) is 5. The molecule has 0 saturated heterocycles. The standard InChI is InChI=1S/C16H17N3O4/c1-3-23-15-7-5-4-6-14(15)18-16(20)12-10-11(19(21)22)8-9-13(12)17-2/h4-10,17H,3H2,1-2H3,(H,18,20). The Morgan fingerprint density at radius 2 is 1.96 bits per heavy atom. The van der Waals surface area contributed by atoms with Crippen LogP contribution in [-0.4, -0.2) is 24.5 Å². The van der Waals surface area contributed by atoms with Crippen LogP contribution >= 0.6 is 0 Å². The van der Waals surface area contributed by atoms with Gasteiger partial charge in [0, 0.05) is 24.9 Å². The van der Waals surface area contributed by atoms with Crippen LogP contribution in [0.15, 0.2) is 42.5 Å². The van der Waals surface area contributed by atoms with Crippen LogP contribution in [0.1, 0.15) is 17.3 Å². The van der Waals surface area contributed by atoms with E-state index < -0.39 is 10.8 Å². The molecule has 0 radical (unpaired) electrons. The molecule has 0 spiro atoms. The van der Waals surface area contributed by atoms with Gasteiger partial charge in [0.25, 0.3) is 11.6 Å². The maximum absolute atomic E-state index is 12.5. The van der Waals surface area contributed by atoms with E-state index in [-0.39, 0.29) is 11.3 Å². The molecule has 2 N–H and O–H groups in total. The van der Waals surface area contributed by atoms with E-state index in [1.165, 1.54) is 18.2 Å². The number of nitro groups is 1. The zero-order chi connectivity index (χ0) is 16.8. The van der Waals surface area contributed by atoms with Crippen molar-refractivity contribution in [2.24, 2.45) is 0 Å². The minimum absolute atomic E-state index is 0.146. The quantitative estimate of drug-likeness (QED) is 0.630. The summed E-state index contributed by atoms with van der Waals surface area (Å²) in [6.07, 6.45) is 0.